The summed E-state index contributed by atoms with van der Waals surface area (Å²) in [5, 5.41) is 0. The van der Waals surface area contributed by atoms with Crippen LogP contribution in [0.2, 0.25) is 5.82 Å². The van der Waals surface area contributed by atoms with Crippen molar-refractivity contribution in [1.82, 2.24) is 0 Å². The first-order valence-corrected chi connectivity index (χ1v) is 6.68. The molecule has 82 valence electrons. The van der Waals surface area contributed by atoms with Crippen LogP contribution in [0.1, 0.15) is 65.2 Å². The lowest BCUT2D eigenvalue weighted by Crippen LogP contribution is -2.03. The molecule has 1 aliphatic carbocycles. The molecule has 0 heterocycles. The van der Waals surface area contributed by atoms with E-state index in [-0.39, 0.29) is 0 Å². The van der Waals surface area contributed by atoms with Gasteiger partial charge < -0.3 is 0 Å². The van der Waals surface area contributed by atoms with Gasteiger partial charge in [-0.2, -0.15) is 0 Å². The van der Waals surface area contributed by atoms with Crippen molar-refractivity contribution in [1.29, 1.82) is 0 Å². The lowest BCUT2D eigenvalue weighted by molar-refractivity contribution is 0.393. The zero-order chi connectivity index (χ0) is 10.4. The Morgan fingerprint density at radius 2 is 1.43 bits per heavy atom. The maximum Gasteiger partial charge on any atom is 0.105 e. The van der Waals surface area contributed by atoms with Gasteiger partial charge >= 0.3 is 0 Å². The van der Waals surface area contributed by atoms with E-state index < -0.39 is 0 Å². The molecule has 0 aromatic carbocycles. The molecule has 1 aliphatic rings. The average Bonchev–Trinajstić information content (AvgIpc) is 2.15. The van der Waals surface area contributed by atoms with Gasteiger partial charge in [0.15, 0.2) is 0 Å². The first-order chi connectivity index (χ1) is 6.68. The second-order valence-corrected chi connectivity index (χ2v) is 5.77. The second kappa shape index (κ2) is 6.53. The quantitative estimate of drug-likeness (QED) is 0.514. The van der Waals surface area contributed by atoms with Gasteiger partial charge in [-0.25, -0.2) is 0 Å². The van der Waals surface area contributed by atoms with Crippen molar-refractivity contribution in [3.05, 3.63) is 0 Å². The Morgan fingerprint density at radius 1 is 0.786 bits per heavy atom. The van der Waals surface area contributed by atoms with Crippen molar-refractivity contribution in [2.45, 2.75) is 71.0 Å². The molecule has 0 aromatic heterocycles. The Bertz CT molecular complexity index is 144. The van der Waals surface area contributed by atoms with E-state index in [1.165, 1.54) is 51.4 Å². The summed E-state index contributed by atoms with van der Waals surface area (Å²) in [6, 6.07) is 0. The molecule has 0 aromatic rings. The van der Waals surface area contributed by atoms with Crippen molar-refractivity contribution in [3.8, 4) is 0 Å². The maximum absolute atomic E-state index is 2.45. The first kappa shape index (κ1) is 12.1. The molecular weight excluding hydrogens is 167 g/mol. The van der Waals surface area contributed by atoms with Crippen LogP contribution >= 0.6 is 0 Å². The predicted molar refractivity (Wildman–Crippen MR) is 67.6 cm³/mol. The summed E-state index contributed by atoms with van der Waals surface area (Å²) >= 11 is 0. The number of hydrogen-bond donors (Lipinski definition) is 0. The molecule has 0 saturated heterocycles. The molecule has 1 rings (SSSR count). The van der Waals surface area contributed by atoms with Crippen molar-refractivity contribution < 1.29 is 0 Å². The van der Waals surface area contributed by atoms with Crippen LogP contribution in [0.3, 0.4) is 0 Å². The summed E-state index contributed by atoms with van der Waals surface area (Å²) in [4.78, 5) is 0. The zero-order valence-corrected chi connectivity index (χ0v) is 10.4. The Balaban J connectivity index is 2.34. The van der Waals surface area contributed by atoms with Gasteiger partial charge in [-0.1, -0.05) is 71.0 Å². The number of hydrogen-bond acceptors (Lipinski definition) is 0. The van der Waals surface area contributed by atoms with Crippen molar-refractivity contribution >= 4 is 7.85 Å². The molecule has 0 bridgehead atoms. The van der Waals surface area contributed by atoms with Gasteiger partial charge in [-0.05, 0) is 11.8 Å². The minimum atomic E-state index is 0.963. The van der Waals surface area contributed by atoms with Gasteiger partial charge in [0.25, 0.3) is 0 Å². The average molecular weight is 194 g/mol. The minimum Gasteiger partial charge on any atom is -0.0695 e. The van der Waals surface area contributed by atoms with E-state index in [9.17, 15) is 0 Å². The lowest BCUT2D eigenvalue weighted by atomic mass is 9.76. The largest absolute Gasteiger partial charge is 0.105 e. The van der Waals surface area contributed by atoms with Crippen LogP contribution in [-0.4, -0.2) is 7.85 Å². The Labute approximate surface area is 91.3 Å². The molecule has 0 radical (unpaired) electrons. The summed E-state index contributed by atoms with van der Waals surface area (Å²) in [5.41, 5.74) is 0. The summed E-state index contributed by atoms with van der Waals surface area (Å²) in [7, 11) is 2.44. The highest BCUT2D eigenvalue weighted by Crippen LogP contribution is 2.28. The molecule has 0 spiro atoms. The van der Waals surface area contributed by atoms with Crippen LogP contribution in [0.5, 0.6) is 0 Å². The Morgan fingerprint density at radius 3 is 2.21 bits per heavy atom. The molecule has 1 saturated carbocycles. The topological polar surface area (TPSA) is 0 Å². The van der Waals surface area contributed by atoms with Gasteiger partial charge in [0.1, 0.15) is 7.85 Å². The summed E-state index contributed by atoms with van der Waals surface area (Å²) in [6.07, 6.45) is 11.8. The maximum atomic E-state index is 2.45. The monoisotopic (exact) mass is 194 g/mol. The van der Waals surface area contributed by atoms with E-state index in [0.29, 0.717) is 0 Å². The second-order valence-electron chi connectivity index (χ2n) is 5.77. The fourth-order valence-electron chi connectivity index (χ4n) is 2.80. The van der Waals surface area contributed by atoms with E-state index in [1.54, 1.807) is 0 Å². The fourth-order valence-corrected chi connectivity index (χ4v) is 2.80. The van der Waals surface area contributed by atoms with Crippen molar-refractivity contribution in [3.63, 3.8) is 0 Å². The van der Waals surface area contributed by atoms with Gasteiger partial charge in [0.2, 0.25) is 0 Å². The predicted octanol–water partition coefficient (Wildman–Crippen LogP) is 3.81. The van der Waals surface area contributed by atoms with Crippen LogP contribution in [0.4, 0.5) is 0 Å². The van der Waals surface area contributed by atoms with Crippen LogP contribution in [0, 0.1) is 11.8 Å². The van der Waals surface area contributed by atoms with Crippen LogP contribution in [0.25, 0.3) is 0 Å². The third-order valence-electron chi connectivity index (χ3n) is 3.85. The minimum absolute atomic E-state index is 0.963. The molecule has 1 fully saturated rings. The Hall–Kier alpha value is 0.0649. The zero-order valence-electron chi connectivity index (χ0n) is 10.4. The molecular formula is C13H27B. The highest BCUT2D eigenvalue weighted by Gasteiger charge is 2.12. The molecule has 0 amide bonds. The lowest BCUT2D eigenvalue weighted by Gasteiger charge is -2.17. The van der Waals surface area contributed by atoms with E-state index in [1.807, 2.05) is 0 Å². The van der Waals surface area contributed by atoms with Gasteiger partial charge in [-0.3, -0.25) is 0 Å². The first-order valence-electron chi connectivity index (χ1n) is 6.68. The van der Waals surface area contributed by atoms with E-state index >= 15 is 0 Å². The van der Waals surface area contributed by atoms with Gasteiger partial charge in [0.05, 0.1) is 0 Å². The van der Waals surface area contributed by atoms with Crippen LogP contribution < -0.4 is 0 Å². The van der Waals surface area contributed by atoms with Crippen LogP contribution in [-0.2, 0) is 0 Å². The normalized spacial score (nSPS) is 37.4. The van der Waals surface area contributed by atoms with Crippen molar-refractivity contribution in [2.75, 3.05) is 0 Å². The van der Waals surface area contributed by atoms with Gasteiger partial charge in [0, 0.05) is 0 Å². The molecule has 0 nitrogen and oxygen atoms in total. The van der Waals surface area contributed by atoms with E-state index in [4.69, 9.17) is 0 Å². The fraction of sp³-hybridized carbons (Fsp3) is 1.00. The number of rotatable bonds is 0. The highest BCUT2D eigenvalue weighted by atomic mass is 14.2. The molecule has 14 heavy (non-hydrogen) atoms. The molecule has 3 unspecified atom stereocenters. The third kappa shape index (κ3) is 5.07. The van der Waals surface area contributed by atoms with E-state index in [2.05, 4.69) is 21.7 Å². The smallest absolute Gasteiger partial charge is 0.0695 e. The Kier molecular flexibility index (Phi) is 5.66. The summed E-state index contributed by atoms with van der Waals surface area (Å²) in [5.74, 6) is 2.91. The van der Waals surface area contributed by atoms with E-state index in [0.717, 1.165) is 17.7 Å². The molecule has 1 heteroatoms. The summed E-state index contributed by atoms with van der Waals surface area (Å²) < 4.78 is 0. The summed E-state index contributed by atoms with van der Waals surface area (Å²) in [6.45, 7) is 4.88. The molecule has 0 aliphatic heterocycles. The molecule has 3 atom stereocenters. The van der Waals surface area contributed by atoms with Gasteiger partial charge in [-0.15, -0.1) is 0 Å². The third-order valence-corrected chi connectivity index (χ3v) is 3.85. The van der Waals surface area contributed by atoms with Crippen LogP contribution in [0.15, 0.2) is 0 Å². The SMILES string of the molecule is BC1CCCCCC(C)CCC(C)C1. The van der Waals surface area contributed by atoms with Crippen molar-refractivity contribution in [2.24, 2.45) is 11.8 Å². The standard InChI is InChI=1S/C13H27B/c1-11-6-4-3-5-7-13(14)10-12(2)9-8-11/h11-13H,3-10,14H2,1-2H3. The molecule has 0 N–H and O–H groups in total. The highest BCUT2D eigenvalue weighted by molar-refractivity contribution is 6.11.